The molecule has 13 heteroatoms. The molecule has 5 aromatic carbocycles. The van der Waals surface area contributed by atoms with E-state index in [9.17, 15) is 14.4 Å². The average Bonchev–Trinajstić information content (AvgIpc) is 4.05. The molecule has 9 rings (SSSR count). The number of fused-ring (bicyclic) bond motifs is 1. The van der Waals surface area contributed by atoms with Gasteiger partial charge >= 0.3 is 5.97 Å². The molecule has 3 heterocycles. The van der Waals surface area contributed by atoms with Gasteiger partial charge in [0.25, 0.3) is 11.8 Å². The minimum Gasteiger partial charge on any atom is -0.448 e. The SMILES string of the molecule is O=C(N[C@@H]1C(=O)N2C(C(=O)OC(c3ccccc3)c3ccccc3)=C(CCl)CS[C@@H]12)C(=NOC1CCCC1)c1csc(NC(c2ccccc2)(c2ccccc2)c2ccccc2)n1. The molecule has 63 heavy (non-hydrogen) atoms. The van der Waals surface area contributed by atoms with Crippen molar-refractivity contribution < 1.29 is 24.0 Å². The Morgan fingerprint density at radius 1 is 0.794 bits per heavy atom. The topological polar surface area (TPSA) is 122 Å². The number of carbonyl (C=O) groups excluding carboxylic acids is 3. The van der Waals surface area contributed by atoms with Gasteiger partial charge in [-0.15, -0.1) is 34.7 Å². The van der Waals surface area contributed by atoms with Gasteiger partial charge in [0.2, 0.25) is 0 Å². The molecule has 318 valence electrons. The van der Waals surface area contributed by atoms with Gasteiger partial charge in [0.15, 0.2) is 16.9 Å². The fourth-order valence-electron chi connectivity index (χ4n) is 8.44. The highest BCUT2D eigenvalue weighted by atomic mass is 35.5. The van der Waals surface area contributed by atoms with Crippen LogP contribution in [0.5, 0.6) is 0 Å². The van der Waals surface area contributed by atoms with Crippen LogP contribution in [-0.4, -0.2) is 62.5 Å². The number of hydrogen-bond donors (Lipinski definition) is 2. The Hall–Kier alpha value is -6.21. The third-order valence-corrected chi connectivity index (χ3v) is 14.0. The lowest BCUT2D eigenvalue weighted by Gasteiger charge is -2.49. The van der Waals surface area contributed by atoms with E-state index in [-0.39, 0.29) is 23.4 Å². The van der Waals surface area contributed by atoms with Crippen LogP contribution in [0.1, 0.15) is 65.3 Å². The summed E-state index contributed by atoms with van der Waals surface area (Å²) in [6.07, 6.45) is 2.82. The number of oxime groups is 1. The normalized spacial score (nSPS) is 17.8. The number of thioether (sulfide) groups is 1. The minimum absolute atomic E-state index is 0.0297. The van der Waals surface area contributed by atoms with Gasteiger partial charge in [-0.3, -0.25) is 14.5 Å². The second-order valence-electron chi connectivity index (χ2n) is 15.5. The summed E-state index contributed by atoms with van der Waals surface area (Å²) in [6.45, 7) is 0. The zero-order valence-electron chi connectivity index (χ0n) is 34.1. The molecule has 3 aliphatic rings. The van der Waals surface area contributed by atoms with Gasteiger partial charge in [-0.25, -0.2) is 9.78 Å². The molecule has 2 N–H and O–H groups in total. The Bertz CT molecular complexity index is 2470. The molecule has 2 amide bonds. The van der Waals surface area contributed by atoms with Gasteiger partial charge in [0.1, 0.15) is 34.4 Å². The molecule has 2 atom stereocenters. The molecule has 0 radical (unpaired) electrons. The first-order valence-electron chi connectivity index (χ1n) is 20.9. The summed E-state index contributed by atoms with van der Waals surface area (Å²) in [5, 5.41) is 12.9. The molecule has 1 aromatic heterocycles. The van der Waals surface area contributed by atoms with Crippen LogP contribution in [0, 0.1) is 0 Å². The molecule has 10 nitrogen and oxygen atoms in total. The van der Waals surface area contributed by atoms with Crippen LogP contribution in [0.25, 0.3) is 0 Å². The standard InChI is InChI=1S/C50H44ClN5O5S2/c51-30-35-31-62-47-42(46(58)56(47)43(35)48(59)60-44(33-18-6-1-7-19-33)34-20-8-2-9-21-34)53-45(57)41(55-61-39-28-16-17-29-39)40-32-63-49(52-40)54-50(36-22-10-3-11-23-36,37-24-12-4-13-25-37)38-26-14-5-15-27-38/h1-15,18-27,32,39,42,44,47H,16-17,28-31H2,(H,52,54)(H,53,57)/t42-,47+/m1/s1. The molecular weight excluding hydrogens is 850 g/mol. The number of amides is 2. The largest absolute Gasteiger partial charge is 0.448 e. The summed E-state index contributed by atoms with van der Waals surface area (Å²) in [7, 11) is 0. The number of anilines is 1. The maximum atomic E-state index is 14.4. The van der Waals surface area contributed by atoms with Gasteiger partial charge in [0, 0.05) is 17.0 Å². The lowest BCUT2D eigenvalue weighted by atomic mass is 9.77. The smallest absolute Gasteiger partial charge is 0.356 e. The van der Waals surface area contributed by atoms with E-state index in [1.165, 1.54) is 28.0 Å². The maximum absolute atomic E-state index is 14.4. The summed E-state index contributed by atoms with van der Waals surface area (Å²) in [5.41, 5.74) is 4.64. The molecule has 1 aliphatic carbocycles. The van der Waals surface area contributed by atoms with Crippen LogP contribution in [0.2, 0.25) is 0 Å². The number of carbonyl (C=O) groups is 3. The Labute approximate surface area is 379 Å². The van der Waals surface area contributed by atoms with Gasteiger partial charge in [-0.1, -0.05) is 157 Å². The van der Waals surface area contributed by atoms with E-state index in [1.54, 1.807) is 5.38 Å². The molecule has 1 saturated carbocycles. The Kier molecular flexibility index (Phi) is 12.7. The summed E-state index contributed by atoms with van der Waals surface area (Å²) < 4.78 is 6.21. The zero-order chi connectivity index (χ0) is 43.2. The van der Waals surface area contributed by atoms with Crippen molar-refractivity contribution >= 4 is 63.3 Å². The first-order valence-corrected chi connectivity index (χ1v) is 23.4. The van der Waals surface area contributed by atoms with Crippen molar-refractivity contribution in [1.29, 1.82) is 0 Å². The van der Waals surface area contributed by atoms with E-state index < -0.39 is 40.8 Å². The first-order chi connectivity index (χ1) is 30.9. The third-order valence-electron chi connectivity index (χ3n) is 11.6. The lowest BCUT2D eigenvalue weighted by Crippen LogP contribution is -2.71. The van der Waals surface area contributed by atoms with Crippen molar-refractivity contribution in [1.82, 2.24) is 15.2 Å². The van der Waals surface area contributed by atoms with Crippen molar-refractivity contribution in [2.24, 2.45) is 5.16 Å². The highest BCUT2D eigenvalue weighted by molar-refractivity contribution is 8.00. The van der Waals surface area contributed by atoms with Gasteiger partial charge in [-0.2, -0.15) is 0 Å². The predicted molar refractivity (Wildman–Crippen MR) is 248 cm³/mol. The Balaban J connectivity index is 0.989. The third kappa shape index (κ3) is 8.63. The summed E-state index contributed by atoms with van der Waals surface area (Å²) in [4.78, 5) is 55.2. The molecule has 2 fully saturated rings. The van der Waals surface area contributed by atoms with Crippen LogP contribution in [0.4, 0.5) is 5.13 Å². The van der Waals surface area contributed by atoms with E-state index in [2.05, 4.69) is 52.2 Å². The van der Waals surface area contributed by atoms with Gasteiger partial charge in [-0.05, 0) is 59.1 Å². The van der Waals surface area contributed by atoms with Crippen LogP contribution < -0.4 is 10.6 Å². The molecule has 6 aromatic rings. The maximum Gasteiger partial charge on any atom is 0.356 e. The average molecular weight is 895 g/mol. The number of hydrogen-bond acceptors (Lipinski definition) is 10. The van der Waals surface area contributed by atoms with Crippen molar-refractivity contribution in [2.45, 2.75) is 54.8 Å². The van der Waals surface area contributed by atoms with Crippen LogP contribution in [0.15, 0.2) is 173 Å². The number of ether oxygens (including phenoxy) is 1. The van der Waals surface area contributed by atoms with Gasteiger partial charge < -0.3 is 20.2 Å². The molecular formula is C50H44ClN5O5S2. The molecule has 1 saturated heterocycles. The highest BCUT2D eigenvalue weighted by Crippen LogP contribution is 2.43. The second-order valence-corrected chi connectivity index (χ2v) is 17.7. The van der Waals surface area contributed by atoms with E-state index in [0.717, 1.165) is 53.5 Å². The molecule has 2 aliphatic heterocycles. The number of rotatable bonds is 15. The van der Waals surface area contributed by atoms with E-state index in [4.69, 9.17) is 26.2 Å². The highest BCUT2D eigenvalue weighted by Gasteiger charge is 2.55. The number of nitrogens with zero attached hydrogens (tertiary/aromatic N) is 3. The number of alkyl halides is 1. The summed E-state index contributed by atoms with van der Waals surface area (Å²) >= 11 is 9.18. The van der Waals surface area contributed by atoms with Crippen molar-refractivity contribution in [2.75, 3.05) is 16.9 Å². The fraction of sp³-hybridized carbons (Fsp3) is 0.220. The second kappa shape index (κ2) is 19.0. The monoisotopic (exact) mass is 893 g/mol. The molecule has 0 spiro atoms. The fourth-order valence-corrected chi connectivity index (χ4v) is 10.9. The number of halogens is 1. The van der Waals surface area contributed by atoms with E-state index >= 15 is 0 Å². The number of esters is 1. The van der Waals surface area contributed by atoms with Crippen molar-refractivity contribution in [3.8, 4) is 0 Å². The van der Waals surface area contributed by atoms with E-state index in [0.29, 0.717) is 22.2 Å². The van der Waals surface area contributed by atoms with Gasteiger partial charge in [0.05, 0.1) is 0 Å². The summed E-state index contributed by atoms with van der Waals surface area (Å²) in [5.74, 6) is -1.34. The van der Waals surface area contributed by atoms with Crippen LogP contribution in [-0.2, 0) is 29.5 Å². The number of thiazole rings is 1. The van der Waals surface area contributed by atoms with Crippen LogP contribution >= 0.6 is 34.7 Å². The number of benzene rings is 5. The van der Waals surface area contributed by atoms with Crippen molar-refractivity contribution in [3.05, 3.63) is 202 Å². The Morgan fingerprint density at radius 2 is 1.32 bits per heavy atom. The number of aromatic nitrogens is 1. The summed E-state index contributed by atoms with van der Waals surface area (Å²) in [6, 6.07) is 48.5. The first kappa shape index (κ1) is 42.1. The lowest BCUT2D eigenvalue weighted by molar-refractivity contribution is -0.154. The Morgan fingerprint density at radius 3 is 1.84 bits per heavy atom. The van der Waals surface area contributed by atoms with Crippen LogP contribution in [0.3, 0.4) is 0 Å². The molecule has 0 unspecified atom stereocenters. The number of β-lactam (4-membered cyclic amide) rings is 1. The zero-order valence-corrected chi connectivity index (χ0v) is 36.5. The van der Waals surface area contributed by atoms with E-state index in [1.807, 2.05) is 115 Å². The molecule has 0 bridgehead atoms. The predicted octanol–water partition coefficient (Wildman–Crippen LogP) is 9.44. The van der Waals surface area contributed by atoms with Crippen molar-refractivity contribution in [3.63, 3.8) is 0 Å². The minimum atomic E-state index is -0.962. The quantitative estimate of drug-likeness (QED) is 0.0261. The number of nitrogens with one attached hydrogen (secondary N) is 2.